The van der Waals surface area contributed by atoms with E-state index in [9.17, 15) is 4.79 Å². The molecule has 0 aromatic heterocycles. The number of piperidine rings is 1. The van der Waals surface area contributed by atoms with E-state index in [1.807, 2.05) is 0 Å². The Morgan fingerprint density at radius 2 is 1.78 bits per heavy atom. The van der Waals surface area contributed by atoms with Gasteiger partial charge in [-0.15, -0.1) is 11.6 Å². The summed E-state index contributed by atoms with van der Waals surface area (Å²) >= 11 is 6.29. The van der Waals surface area contributed by atoms with Crippen molar-refractivity contribution in [3.63, 3.8) is 0 Å². The standard InChI is InChI=1S/C15H24ClNO/c1-15(2)7-3-4-13(15)14(18)17-11-5-6-12(17)9-10(16)8-11/h10-13H,3-9H2,1-2H3. The van der Waals surface area contributed by atoms with E-state index in [0.29, 0.717) is 23.4 Å². The van der Waals surface area contributed by atoms with Crippen LogP contribution in [0.4, 0.5) is 0 Å². The third-order valence-electron chi connectivity index (χ3n) is 5.49. The molecule has 0 aromatic carbocycles. The van der Waals surface area contributed by atoms with Gasteiger partial charge in [-0.25, -0.2) is 0 Å². The summed E-state index contributed by atoms with van der Waals surface area (Å²) < 4.78 is 0. The van der Waals surface area contributed by atoms with Crippen LogP contribution in [0.3, 0.4) is 0 Å². The minimum absolute atomic E-state index is 0.203. The van der Waals surface area contributed by atoms with Gasteiger partial charge in [-0.05, 0) is 43.9 Å². The second-order valence-electron chi connectivity index (χ2n) is 7.13. The largest absolute Gasteiger partial charge is 0.336 e. The predicted octanol–water partition coefficient (Wildman–Crippen LogP) is 3.57. The molecule has 1 saturated carbocycles. The molecule has 102 valence electrons. The van der Waals surface area contributed by atoms with Crippen LogP contribution in [0, 0.1) is 11.3 Å². The van der Waals surface area contributed by atoms with Gasteiger partial charge >= 0.3 is 0 Å². The Kier molecular flexibility index (Phi) is 3.12. The second-order valence-corrected chi connectivity index (χ2v) is 7.75. The van der Waals surface area contributed by atoms with Gasteiger partial charge in [0.25, 0.3) is 0 Å². The molecule has 3 unspecified atom stereocenters. The Balaban J connectivity index is 1.77. The van der Waals surface area contributed by atoms with Gasteiger partial charge < -0.3 is 4.90 Å². The lowest BCUT2D eigenvalue weighted by Gasteiger charge is -2.40. The Bertz CT molecular complexity index is 340. The van der Waals surface area contributed by atoms with Gasteiger partial charge in [0.05, 0.1) is 0 Å². The van der Waals surface area contributed by atoms with E-state index in [1.165, 1.54) is 25.7 Å². The van der Waals surface area contributed by atoms with Crippen molar-refractivity contribution in [3.8, 4) is 0 Å². The molecule has 18 heavy (non-hydrogen) atoms. The van der Waals surface area contributed by atoms with Crippen LogP contribution in [0.1, 0.15) is 58.8 Å². The normalized spacial score (nSPS) is 42.3. The smallest absolute Gasteiger partial charge is 0.226 e. The summed E-state index contributed by atoms with van der Waals surface area (Å²) in [5.74, 6) is 0.695. The highest BCUT2D eigenvalue weighted by molar-refractivity contribution is 6.20. The minimum Gasteiger partial charge on any atom is -0.336 e. The maximum Gasteiger partial charge on any atom is 0.226 e. The second kappa shape index (κ2) is 4.40. The van der Waals surface area contributed by atoms with E-state index in [0.717, 1.165) is 19.3 Å². The first kappa shape index (κ1) is 12.8. The van der Waals surface area contributed by atoms with Crippen molar-refractivity contribution < 1.29 is 4.79 Å². The lowest BCUT2D eigenvalue weighted by molar-refractivity contribution is -0.142. The summed E-state index contributed by atoms with van der Waals surface area (Å²) in [5, 5.41) is 0.295. The first-order valence-corrected chi connectivity index (χ1v) is 7.89. The Morgan fingerprint density at radius 3 is 2.28 bits per heavy atom. The van der Waals surface area contributed by atoms with E-state index < -0.39 is 0 Å². The summed E-state index contributed by atoms with van der Waals surface area (Å²) in [7, 11) is 0. The van der Waals surface area contributed by atoms with E-state index in [4.69, 9.17) is 11.6 Å². The molecule has 1 amide bonds. The van der Waals surface area contributed by atoms with Gasteiger partial charge in [-0.1, -0.05) is 20.3 Å². The zero-order valence-corrected chi connectivity index (χ0v) is 12.2. The van der Waals surface area contributed by atoms with Gasteiger partial charge in [0.2, 0.25) is 5.91 Å². The number of rotatable bonds is 1. The van der Waals surface area contributed by atoms with E-state index >= 15 is 0 Å². The fourth-order valence-electron chi connectivity index (χ4n) is 4.43. The van der Waals surface area contributed by atoms with Crippen LogP contribution >= 0.6 is 11.6 Å². The van der Waals surface area contributed by atoms with Crippen LogP contribution in [0.2, 0.25) is 0 Å². The molecular weight excluding hydrogens is 246 g/mol. The highest BCUT2D eigenvalue weighted by Gasteiger charge is 2.48. The summed E-state index contributed by atoms with van der Waals surface area (Å²) in [6.45, 7) is 4.53. The van der Waals surface area contributed by atoms with Crippen LogP contribution in [0.25, 0.3) is 0 Å². The Labute approximate surface area is 115 Å². The summed E-state index contributed by atoms with van der Waals surface area (Å²) in [4.78, 5) is 15.1. The molecule has 0 radical (unpaired) electrons. The molecule has 2 heterocycles. The van der Waals surface area contributed by atoms with Crippen LogP contribution in [-0.2, 0) is 4.79 Å². The van der Waals surface area contributed by atoms with Crippen molar-refractivity contribution in [1.82, 2.24) is 4.90 Å². The zero-order chi connectivity index (χ0) is 12.9. The molecular formula is C15H24ClNO. The number of alkyl halides is 1. The molecule has 3 fully saturated rings. The molecule has 2 nitrogen and oxygen atoms in total. The number of hydrogen-bond acceptors (Lipinski definition) is 1. The molecule has 0 aromatic rings. The lowest BCUT2D eigenvalue weighted by atomic mass is 9.80. The van der Waals surface area contributed by atoms with Crippen molar-refractivity contribution in [3.05, 3.63) is 0 Å². The summed E-state index contributed by atoms with van der Waals surface area (Å²) in [6.07, 6.45) is 7.87. The summed E-state index contributed by atoms with van der Waals surface area (Å²) in [5.41, 5.74) is 0.203. The number of carbonyl (C=O) groups is 1. The molecule has 1 aliphatic carbocycles. The van der Waals surface area contributed by atoms with E-state index in [-0.39, 0.29) is 11.3 Å². The predicted molar refractivity (Wildman–Crippen MR) is 73.7 cm³/mol. The number of hydrogen-bond donors (Lipinski definition) is 0. The maximum absolute atomic E-state index is 12.9. The Morgan fingerprint density at radius 1 is 1.17 bits per heavy atom. The average molecular weight is 270 g/mol. The average Bonchev–Trinajstić information content (AvgIpc) is 2.76. The lowest BCUT2D eigenvalue weighted by Crippen LogP contribution is -2.50. The SMILES string of the molecule is CC1(C)CCCC1C(=O)N1C2CCC1CC(Cl)C2. The van der Waals surface area contributed by atoms with Gasteiger partial charge in [-0.3, -0.25) is 4.79 Å². The first-order valence-electron chi connectivity index (χ1n) is 7.45. The first-order chi connectivity index (χ1) is 8.49. The molecule has 0 N–H and O–H groups in total. The molecule has 3 atom stereocenters. The quantitative estimate of drug-likeness (QED) is 0.667. The number of halogens is 1. The van der Waals surface area contributed by atoms with E-state index in [1.54, 1.807) is 0 Å². The highest BCUT2D eigenvalue weighted by Crippen LogP contribution is 2.46. The van der Waals surface area contributed by atoms with E-state index in [2.05, 4.69) is 18.7 Å². The molecule has 3 rings (SSSR count). The van der Waals surface area contributed by atoms with Crippen LogP contribution < -0.4 is 0 Å². The molecule has 2 saturated heterocycles. The van der Waals surface area contributed by atoms with Crippen molar-refractivity contribution >= 4 is 17.5 Å². The van der Waals surface area contributed by atoms with Gasteiger partial charge in [0.1, 0.15) is 0 Å². The number of nitrogens with zero attached hydrogens (tertiary/aromatic N) is 1. The van der Waals surface area contributed by atoms with Crippen molar-refractivity contribution in [1.29, 1.82) is 0 Å². The number of carbonyl (C=O) groups excluding carboxylic acids is 1. The number of amides is 1. The van der Waals surface area contributed by atoms with Crippen LogP contribution in [0.15, 0.2) is 0 Å². The third-order valence-corrected chi connectivity index (χ3v) is 5.84. The van der Waals surface area contributed by atoms with Crippen molar-refractivity contribution in [2.24, 2.45) is 11.3 Å². The minimum atomic E-state index is 0.203. The molecule has 3 heteroatoms. The van der Waals surface area contributed by atoms with Crippen molar-refractivity contribution in [2.45, 2.75) is 76.3 Å². The van der Waals surface area contributed by atoms with Gasteiger partial charge in [0, 0.05) is 23.4 Å². The fraction of sp³-hybridized carbons (Fsp3) is 0.933. The summed E-state index contributed by atoms with van der Waals surface area (Å²) in [6, 6.07) is 0.880. The topological polar surface area (TPSA) is 20.3 Å². The Hall–Kier alpha value is -0.240. The van der Waals surface area contributed by atoms with Crippen LogP contribution in [-0.4, -0.2) is 28.3 Å². The molecule has 3 aliphatic rings. The highest BCUT2D eigenvalue weighted by atomic mass is 35.5. The van der Waals surface area contributed by atoms with Crippen molar-refractivity contribution in [2.75, 3.05) is 0 Å². The third kappa shape index (κ3) is 1.97. The fourth-order valence-corrected chi connectivity index (χ4v) is 4.85. The molecule has 2 bridgehead atoms. The monoisotopic (exact) mass is 269 g/mol. The zero-order valence-electron chi connectivity index (χ0n) is 11.5. The van der Waals surface area contributed by atoms with Crippen LogP contribution in [0.5, 0.6) is 0 Å². The van der Waals surface area contributed by atoms with Gasteiger partial charge in [0.15, 0.2) is 0 Å². The van der Waals surface area contributed by atoms with Gasteiger partial charge in [-0.2, -0.15) is 0 Å². The number of fused-ring (bicyclic) bond motifs is 2. The molecule has 0 spiro atoms. The maximum atomic E-state index is 12.9. The molecule has 2 aliphatic heterocycles.